The summed E-state index contributed by atoms with van der Waals surface area (Å²) < 4.78 is 28.2. The van der Waals surface area contributed by atoms with Gasteiger partial charge < -0.3 is 4.90 Å². The van der Waals surface area contributed by atoms with Gasteiger partial charge in [0.05, 0.1) is 12.6 Å². The molecular weight excluding hydrogens is 354 g/mol. The predicted molar refractivity (Wildman–Crippen MR) is 93.1 cm³/mol. The summed E-state index contributed by atoms with van der Waals surface area (Å²) in [6.45, 7) is 1.47. The van der Waals surface area contributed by atoms with Gasteiger partial charge in [0, 0.05) is 17.8 Å². The number of aromatic nitrogens is 5. The van der Waals surface area contributed by atoms with Crippen molar-refractivity contribution in [3.63, 3.8) is 0 Å². The van der Waals surface area contributed by atoms with Gasteiger partial charge in [-0.15, -0.1) is 0 Å². The Bertz CT molecular complexity index is 981. The molecule has 9 heteroatoms. The van der Waals surface area contributed by atoms with Gasteiger partial charge >= 0.3 is 6.55 Å². The van der Waals surface area contributed by atoms with E-state index in [1.54, 1.807) is 9.58 Å². The second-order valence-electron chi connectivity index (χ2n) is 6.45. The topological polar surface area (TPSA) is 68.8 Å². The maximum atomic E-state index is 12.9. The summed E-state index contributed by atoms with van der Waals surface area (Å²) >= 11 is 0. The van der Waals surface area contributed by atoms with Crippen molar-refractivity contribution in [2.75, 3.05) is 6.54 Å². The Morgan fingerprint density at radius 2 is 1.93 bits per heavy atom. The zero-order chi connectivity index (χ0) is 19.1. The van der Waals surface area contributed by atoms with E-state index in [4.69, 9.17) is 0 Å². The Morgan fingerprint density at radius 1 is 1.19 bits per heavy atom. The van der Waals surface area contributed by atoms with Crippen molar-refractivity contribution in [1.82, 2.24) is 29.4 Å². The minimum atomic E-state index is -2.78. The number of amides is 1. The van der Waals surface area contributed by atoms with Crippen LogP contribution in [0.3, 0.4) is 0 Å². The molecular formula is C18H18F2N6O. The Kier molecular flexibility index (Phi) is 4.21. The van der Waals surface area contributed by atoms with E-state index in [0.29, 0.717) is 29.4 Å². The third-order valence-electron chi connectivity index (χ3n) is 4.71. The number of hydrogen-bond acceptors (Lipinski definition) is 4. The van der Waals surface area contributed by atoms with Crippen LogP contribution in [-0.4, -0.2) is 41.9 Å². The molecule has 0 fully saturated rings. The van der Waals surface area contributed by atoms with Gasteiger partial charge in [-0.1, -0.05) is 30.3 Å². The molecule has 0 spiro atoms. The average Bonchev–Trinajstić information content (AvgIpc) is 3.26. The third kappa shape index (κ3) is 2.98. The van der Waals surface area contributed by atoms with Crippen molar-refractivity contribution in [3.8, 4) is 11.4 Å². The van der Waals surface area contributed by atoms with Crippen LogP contribution < -0.4 is 0 Å². The quantitative estimate of drug-likeness (QED) is 0.709. The smallest absolute Gasteiger partial charge is 0.325 e. The molecule has 0 N–H and O–H groups in total. The maximum absolute atomic E-state index is 12.9. The first-order valence-electron chi connectivity index (χ1n) is 8.61. The van der Waals surface area contributed by atoms with Gasteiger partial charge in [-0.25, -0.2) is 14.3 Å². The molecule has 2 aromatic heterocycles. The van der Waals surface area contributed by atoms with Crippen LogP contribution in [0.15, 0.2) is 36.4 Å². The second-order valence-corrected chi connectivity index (χ2v) is 6.45. The molecule has 140 valence electrons. The number of rotatable bonds is 3. The molecule has 27 heavy (non-hydrogen) atoms. The van der Waals surface area contributed by atoms with Gasteiger partial charge in [0.25, 0.3) is 5.91 Å². The van der Waals surface area contributed by atoms with Crippen LogP contribution in [0.5, 0.6) is 0 Å². The van der Waals surface area contributed by atoms with E-state index in [0.717, 1.165) is 5.56 Å². The molecule has 0 bridgehead atoms. The molecule has 3 aromatic rings. The molecule has 1 aliphatic rings. The molecule has 1 aromatic carbocycles. The Labute approximate surface area is 154 Å². The van der Waals surface area contributed by atoms with Gasteiger partial charge in [0.15, 0.2) is 11.5 Å². The first-order chi connectivity index (χ1) is 13.0. The highest BCUT2D eigenvalue weighted by Gasteiger charge is 2.33. The summed E-state index contributed by atoms with van der Waals surface area (Å²) in [5.74, 6) is 0.878. The molecule has 4 rings (SSSR count). The largest absolute Gasteiger partial charge is 0.333 e. The minimum absolute atomic E-state index is 0.0101. The first kappa shape index (κ1) is 17.3. The number of benzene rings is 1. The van der Waals surface area contributed by atoms with Crippen molar-refractivity contribution in [2.45, 2.75) is 33.0 Å². The number of hydrogen-bond donors (Lipinski definition) is 0. The lowest BCUT2D eigenvalue weighted by atomic mass is 10.2. The molecule has 0 saturated carbocycles. The van der Waals surface area contributed by atoms with Crippen molar-refractivity contribution in [1.29, 1.82) is 0 Å². The number of aryl methyl sites for hydroxylation is 1. The lowest BCUT2D eigenvalue weighted by Crippen LogP contribution is -2.41. The van der Waals surface area contributed by atoms with E-state index in [2.05, 4.69) is 15.2 Å². The van der Waals surface area contributed by atoms with E-state index in [9.17, 15) is 13.6 Å². The highest BCUT2D eigenvalue weighted by atomic mass is 19.3. The Balaban J connectivity index is 1.62. The molecule has 1 atom stereocenters. The lowest BCUT2D eigenvalue weighted by Gasteiger charge is -2.32. The number of carbonyl (C=O) groups excluding carboxylic acids is 1. The van der Waals surface area contributed by atoms with Gasteiger partial charge in [0.1, 0.15) is 5.82 Å². The normalized spacial score (nSPS) is 16.6. The molecule has 3 heterocycles. The summed E-state index contributed by atoms with van der Waals surface area (Å²) in [7, 11) is 0. The molecule has 0 saturated heterocycles. The zero-order valence-corrected chi connectivity index (χ0v) is 14.9. The van der Waals surface area contributed by atoms with Gasteiger partial charge in [-0.2, -0.15) is 19.0 Å². The van der Waals surface area contributed by atoms with Gasteiger partial charge in [-0.3, -0.25) is 4.79 Å². The third-order valence-corrected chi connectivity index (χ3v) is 4.71. The van der Waals surface area contributed by atoms with E-state index in [1.165, 1.54) is 13.0 Å². The summed E-state index contributed by atoms with van der Waals surface area (Å²) in [6, 6.07) is 10.6. The highest BCUT2D eigenvalue weighted by Crippen LogP contribution is 2.27. The average molecular weight is 372 g/mol. The van der Waals surface area contributed by atoms with Crippen molar-refractivity contribution in [2.24, 2.45) is 0 Å². The van der Waals surface area contributed by atoms with Crippen LogP contribution in [0.2, 0.25) is 0 Å². The molecule has 1 amide bonds. The minimum Gasteiger partial charge on any atom is -0.325 e. The monoisotopic (exact) mass is 372 g/mol. The Morgan fingerprint density at radius 3 is 2.59 bits per heavy atom. The highest BCUT2D eigenvalue weighted by molar-refractivity contribution is 5.92. The van der Waals surface area contributed by atoms with Crippen molar-refractivity contribution in [3.05, 3.63) is 53.6 Å². The predicted octanol–water partition coefficient (Wildman–Crippen LogP) is 3.06. The summed E-state index contributed by atoms with van der Waals surface area (Å²) in [4.78, 5) is 19.0. The van der Waals surface area contributed by atoms with E-state index in [1.807, 2.05) is 37.3 Å². The molecule has 7 nitrogen and oxygen atoms in total. The molecule has 0 radical (unpaired) electrons. The second kappa shape index (κ2) is 6.57. The number of carbonyl (C=O) groups is 1. The number of alkyl halides is 2. The fourth-order valence-corrected chi connectivity index (χ4v) is 3.29. The number of fused-ring (bicyclic) bond motifs is 1. The van der Waals surface area contributed by atoms with Crippen LogP contribution in [0.4, 0.5) is 8.78 Å². The molecule has 0 aliphatic carbocycles. The fourth-order valence-electron chi connectivity index (χ4n) is 3.29. The van der Waals surface area contributed by atoms with Crippen molar-refractivity contribution < 1.29 is 13.6 Å². The van der Waals surface area contributed by atoms with Crippen LogP contribution >= 0.6 is 0 Å². The fraction of sp³-hybridized carbons (Fsp3) is 0.333. The van der Waals surface area contributed by atoms with Gasteiger partial charge in [-0.05, 0) is 19.9 Å². The van der Waals surface area contributed by atoms with Crippen LogP contribution in [0.25, 0.3) is 11.4 Å². The van der Waals surface area contributed by atoms with Crippen molar-refractivity contribution >= 4 is 5.91 Å². The number of nitrogens with zero attached hydrogens (tertiary/aromatic N) is 6. The van der Waals surface area contributed by atoms with E-state index in [-0.39, 0.29) is 23.3 Å². The SMILES string of the molecule is Cc1cc(C(=O)N2CCn3nc(-c4ccccc4)nc3[C@@H]2C)nn1C(F)F. The summed E-state index contributed by atoms with van der Waals surface area (Å²) in [6.07, 6.45) is 0. The van der Waals surface area contributed by atoms with E-state index >= 15 is 0 Å². The Hall–Kier alpha value is -3.10. The van der Waals surface area contributed by atoms with Crippen LogP contribution in [0.1, 0.15) is 41.5 Å². The molecule has 1 aliphatic heterocycles. The molecule has 0 unspecified atom stereocenters. The standard InChI is InChI=1S/C18H18F2N6O/c1-11-10-14(22-26(11)18(19)20)17(27)24-8-9-25-16(12(24)2)21-15(23-25)13-6-4-3-5-7-13/h3-7,10,12,18H,8-9H2,1-2H3/t12-/m0/s1. The first-order valence-corrected chi connectivity index (χ1v) is 8.61. The van der Waals surface area contributed by atoms with Crippen LogP contribution in [0, 0.1) is 6.92 Å². The summed E-state index contributed by atoms with van der Waals surface area (Å²) in [5.41, 5.74) is 1.15. The zero-order valence-electron chi connectivity index (χ0n) is 14.9. The van der Waals surface area contributed by atoms with Gasteiger partial charge in [0.2, 0.25) is 0 Å². The number of halogens is 2. The maximum Gasteiger partial charge on any atom is 0.333 e. The lowest BCUT2D eigenvalue weighted by molar-refractivity contribution is 0.0517. The van der Waals surface area contributed by atoms with E-state index < -0.39 is 6.55 Å². The summed E-state index contributed by atoms with van der Waals surface area (Å²) in [5, 5.41) is 8.29. The van der Waals surface area contributed by atoms with Crippen LogP contribution in [-0.2, 0) is 6.54 Å².